The zero-order valence-electron chi connectivity index (χ0n) is 12.2. The van der Waals surface area contributed by atoms with Crippen molar-refractivity contribution in [2.75, 3.05) is 26.7 Å². The molecule has 1 aliphatic heterocycles. The molecule has 1 saturated heterocycles. The van der Waals surface area contributed by atoms with Crippen LogP contribution in [0.15, 0.2) is 12.4 Å². The lowest BCUT2D eigenvalue weighted by Crippen LogP contribution is -2.35. The summed E-state index contributed by atoms with van der Waals surface area (Å²) in [5.41, 5.74) is -0.104. The maximum atomic E-state index is 11.7. The molecule has 8 heteroatoms. The topological polar surface area (TPSA) is 93.3 Å². The summed E-state index contributed by atoms with van der Waals surface area (Å²) in [6, 6.07) is 0. The van der Waals surface area contributed by atoms with Crippen molar-refractivity contribution in [2.45, 2.75) is 25.8 Å². The summed E-state index contributed by atoms with van der Waals surface area (Å²) in [5.74, 6) is 0.465. The Morgan fingerprint density at radius 3 is 3.10 bits per heavy atom. The van der Waals surface area contributed by atoms with Crippen LogP contribution in [0.4, 0.5) is 5.69 Å². The number of amides is 1. The Labute approximate surface area is 123 Å². The van der Waals surface area contributed by atoms with Gasteiger partial charge in [-0.1, -0.05) is 0 Å². The van der Waals surface area contributed by atoms with Crippen molar-refractivity contribution in [2.24, 2.45) is 5.92 Å². The maximum Gasteiger partial charge on any atom is 0.307 e. The molecule has 0 aromatic carbocycles. The minimum Gasteiger partial charge on any atom is -0.354 e. The number of carbonyl (C=O) groups is 1. The molecule has 1 aliphatic rings. The van der Waals surface area contributed by atoms with Gasteiger partial charge >= 0.3 is 5.69 Å². The number of rotatable bonds is 6. The highest BCUT2D eigenvalue weighted by atomic mass is 16.6. The average Bonchev–Trinajstić information content (AvgIpc) is 2.87. The van der Waals surface area contributed by atoms with E-state index in [1.165, 1.54) is 23.7 Å². The molecule has 0 saturated carbocycles. The number of nitrogens with zero attached hydrogens (tertiary/aromatic N) is 4. The molecule has 2 rings (SSSR count). The molecule has 0 aliphatic carbocycles. The van der Waals surface area contributed by atoms with Crippen LogP contribution in [-0.4, -0.2) is 52.2 Å². The number of carbonyl (C=O) groups excluding carboxylic acids is 1. The van der Waals surface area contributed by atoms with Crippen molar-refractivity contribution in [3.05, 3.63) is 22.5 Å². The Morgan fingerprint density at radius 1 is 1.62 bits per heavy atom. The number of likely N-dealkylation sites (tertiary alicyclic amines) is 1. The second kappa shape index (κ2) is 7.16. The first kappa shape index (κ1) is 15.4. The lowest BCUT2D eigenvalue weighted by Gasteiger charge is -2.29. The monoisotopic (exact) mass is 295 g/mol. The number of nitrogens with one attached hydrogen (secondary N) is 1. The summed E-state index contributed by atoms with van der Waals surface area (Å²) < 4.78 is 1.28. The van der Waals surface area contributed by atoms with E-state index in [0.29, 0.717) is 12.5 Å². The van der Waals surface area contributed by atoms with Crippen LogP contribution in [-0.2, 0) is 11.3 Å². The minimum atomic E-state index is -0.527. The Kier molecular flexibility index (Phi) is 5.26. The summed E-state index contributed by atoms with van der Waals surface area (Å²) in [7, 11) is 2.12. The van der Waals surface area contributed by atoms with Crippen LogP contribution < -0.4 is 5.32 Å². The van der Waals surface area contributed by atoms with Crippen LogP contribution in [0, 0.1) is 16.0 Å². The van der Waals surface area contributed by atoms with Crippen LogP contribution >= 0.6 is 0 Å². The highest BCUT2D eigenvalue weighted by Gasteiger charge is 2.17. The molecule has 1 amide bonds. The molecule has 21 heavy (non-hydrogen) atoms. The van der Waals surface area contributed by atoms with Crippen LogP contribution in [0.1, 0.15) is 19.3 Å². The number of nitro groups is 1. The SMILES string of the molecule is CN1CCCC(CCNC(=O)Cn2cc([N+](=O)[O-])cn2)C1. The van der Waals surface area contributed by atoms with Gasteiger partial charge in [0, 0.05) is 13.1 Å². The number of aromatic nitrogens is 2. The number of piperidine rings is 1. The van der Waals surface area contributed by atoms with Gasteiger partial charge in [0.1, 0.15) is 18.9 Å². The smallest absolute Gasteiger partial charge is 0.307 e. The van der Waals surface area contributed by atoms with Gasteiger partial charge in [-0.15, -0.1) is 0 Å². The van der Waals surface area contributed by atoms with E-state index in [1.807, 2.05) is 0 Å². The highest BCUT2D eigenvalue weighted by Crippen LogP contribution is 2.17. The van der Waals surface area contributed by atoms with Gasteiger partial charge < -0.3 is 10.2 Å². The molecule has 116 valence electrons. The third-order valence-electron chi connectivity index (χ3n) is 3.73. The summed E-state index contributed by atoms with van der Waals surface area (Å²) in [5, 5.41) is 17.2. The Bertz CT molecular complexity index is 502. The van der Waals surface area contributed by atoms with Crippen molar-refractivity contribution in [3.63, 3.8) is 0 Å². The Morgan fingerprint density at radius 2 is 2.43 bits per heavy atom. The molecule has 2 heterocycles. The third kappa shape index (κ3) is 4.82. The zero-order chi connectivity index (χ0) is 15.2. The lowest BCUT2D eigenvalue weighted by atomic mass is 9.95. The molecule has 1 aromatic heterocycles. The number of hydrogen-bond donors (Lipinski definition) is 1. The molecular formula is C13H21N5O3. The van der Waals surface area contributed by atoms with Crippen molar-refractivity contribution in [1.29, 1.82) is 0 Å². The third-order valence-corrected chi connectivity index (χ3v) is 3.73. The van der Waals surface area contributed by atoms with Gasteiger partial charge in [-0.05, 0) is 38.8 Å². The maximum absolute atomic E-state index is 11.7. The molecule has 1 unspecified atom stereocenters. The van der Waals surface area contributed by atoms with Gasteiger partial charge in [0.25, 0.3) is 0 Å². The average molecular weight is 295 g/mol. The van der Waals surface area contributed by atoms with E-state index >= 15 is 0 Å². The molecule has 8 nitrogen and oxygen atoms in total. The highest BCUT2D eigenvalue weighted by molar-refractivity contribution is 5.75. The molecule has 1 aromatic rings. The van der Waals surface area contributed by atoms with Gasteiger partial charge in [0.05, 0.1) is 4.92 Å². The van der Waals surface area contributed by atoms with E-state index in [9.17, 15) is 14.9 Å². The molecule has 0 spiro atoms. The van der Waals surface area contributed by atoms with Gasteiger partial charge in [0.15, 0.2) is 0 Å². The van der Waals surface area contributed by atoms with E-state index in [-0.39, 0.29) is 18.1 Å². The number of hydrogen-bond acceptors (Lipinski definition) is 5. The van der Waals surface area contributed by atoms with Crippen LogP contribution in [0.5, 0.6) is 0 Å². The van der Waals surface area contributed by atoms with Crippen LogP contribution in [0.2, 0.25) is 0 Å². The van der Waals surface area contributed by atoms with E-state index in [4.69, 9.17) is 0 Å². The van der Waals surface area contributed by atoms with E-state index in [2.05, 4.69) is 22.4 Å². The fourth-order valence-electron chi connectivity index (χ4n) is 2.66. The predicted molar refractivity (Wildman–Crippen MR) is 76.7 cm³/mol. The van der Waals surface area contributed by atoms with Gasteiger partial charge in [-0.3, -0.25) is 19.6 Å². The molecule has 0 bridgehead atoms. The molecular weight excluding hydrogens is 274 g/mol. The van der Waals surface area contributed by atoms with Gasteiger partial charge in [-0.2, -0.15) is 5.10 Å². The van der Waals surface area contributed by atoms with Crippen LogP contribution in [0.25, 0.3) is 0 Å². The minimum absolute atomic E-state index is 0.0123. The van der Waals surface area contributed by atoms with Crippen molar-refractivity contribution in [3.8, 4) is 0 Å². The Hall–Kier alpha value is -1.96. The fraction of sp³-hybridized carbons (Fsp3) is 0.692. The summed E-state index contributed by atoms with van der Waals surface area (Å²) in [6.45, 7) is 2.89. The largest absolute Gasteiger partial charge is 0.354 e. The van der Waals surface area contributed by atoms with Crippen molar-refractivity contribution < 1.29 is 9.72 Å². The first-order valence-electron chi connectivity index (χ1n) is 7.16. The standard InChI is InChI=1S/C13H21N5O3/c1-16-6-2-3-11(8-16)4-5-14-13(19)10-17-9-12(7-15-17)18(20)21/h7,9,11H,2-6,8,10H2,1H3,(H,14,19). The second-order valence-electron chi connectivity index (χ2n) is 5.56. The first-order chi connectivity index (χ1) is 10.0. The normalized spacial score (nSPS) is 19.4. The van der Waals surface area contributed by atoms with Gasteiger partial charge in [-0.25, -0.2) is 0 Å². The van der Waals surface area contributed by atoms with E-state index in [0.717, 1.165) is 25.7 Å². The fourth-order valence-corrected chi connectivity index (χ4v) is 2.66. The zero-order valence-corrected chi connectivity index (χ0v) is 12.2. The second-order valence-corrected chi connectivity index (χ2v) is 5.56. The molecule has 1 atom stereocenters. The summed E-state index contributed by atoms with van der Waals surface area (Å²) >= 11 is 0. The predicted octanol–water partition coefficient (Wildman–Crippen LogP) is 0.639. The van der Waals surface area contributed by atoms with Crippen molar-refractivity contribution >= 4 is 11.6 Å². The van der Waals surface area contributed by atoms with E-state index in [1.54, 1.807) is 0 Å². The molecule has 0 radical (unpaired) electrons. The van der Waals surface area contributed by atoms with E-state index < -0.39 is 4.92 Å². The quantitative estimate of drug-likeness (QED) is 0.614. The van der Waals surface area contributed by atoms with Crippen LogP contribution in [0.3, 0.4) is 0 Å². The molecule has 1 fully saturated rings. The lowest BCUT2D eigenvalue weighted by molar-refractivity contribution is -0.385. The molecule has 1 N–H and O–H groups in total. The van der Waals surface area contributed by atoms with Crippen molar-refractivity contribution in [1.82, 2.24) is 20.0 Å². The van der Waals surface area contributed by atoms with Gasteiger partial charge in [0.2, 0.25) is 5.91 Å². The first-order valence-corrected chi connectivity index (χ1v) is 7.16. The Balaban J connectivity index is 1.68. The summed E-state index contributed by atoms with van der Waals surface area (Å²) in [6.07, 6.45) is 5.80. The summed E-state index contributed by atoms with van der Waals surface area (Å²) in [4.78, 5) is 24.1.